The Bertz CT molecular complexity index is 1210. The van der Waals surface area contributed by atoms with Crippen LogP contribution in [0.1, 0.15) is 19.8 Å². The van der Waals surface area contributed by atoms with Crippen molar-refractivity contribution >= 4 is 57.2 Å². The number of para-hydroxylation sites is 1. The lowest BCUT2D eigenvalue weighted by atomic mass is 10.1. The van der Waals surface area contributed by atoms with E-state index in [1.165, 1.54) is 4.57 Å². The summed E-state index contributed by atoms with van der Waals surface area (Å²) < 4.78 is 19.4. The Kier molecular flexibility index (Phi) is 7.09. The highest BCUT2D eigenvalue weighted by Gasteiger charge is 2.29. The quantitative estimate of drug-likeness (QED) is 0.527. The number of aliphatic carboxylic acids is 1. The van der Waals surface area contributed by atoms with E-state index in [9.17, 15) is 23.6 Å². The molecule has 0 saturated carbocycles. The number of hydrogen-bond donors (Lipinski definition) is 2. The number of carbonyl (C=O) groups excluding carboxylic acids is 3. The van der Waals surface area contributed by atoms with Gasteiger partial charge in [-0.15, -0.1) is 0 Å². The summed E-state index contributed by atoms with van der Waals surface area (Å²) in [6.45, 7) is 0.139. The molecule has 0 aliphatic carbocycles. The SMILES string of the molecule is CCC(OC(=O)n1c2ccccc2c2ccc(Cl)cc21)C(=O)NC(CC(=O)O)C(=O)CF. The summed E-state index contributed by atoms with van der Waals surface area (Å²) in [5.41, 5.74) is 1.02. The highest BCUT2D eigenvalue weighted by atomic mass is 35.5. The number of nitrogens with one attached hydrogen (secondary N) is 1. The van der Waals surface area contributed by atoms with Crippen LogP contribution in [0.15, 0.2) is 42.5 Å². The molecule has 1 heterocycles. The molecule has 8 nitrogen and oxygen atoms in total. The standard InChI is InChI=1S/C22H20ClFN2O6/c1-2-19(21(30)25-15(10-20(28)29)18(27)11-24)32-22(31)26-16-6-4-3-5-13(16)14-8-7-12(23)9-17(14)26/h3-9,15,19H,2,10-11H2,1H3,(H,25,30)(H,28,29). The second kappa shape index (κ2) is 9.78. The van der Waals surface area contributed by atoms with Crippen molar-refractivity contribution in [2.24, 2.45) is 0 Å². The summed E-state index contributed by atoms with van der Waals surface area (Å²) in [4.78, 5) is 48.2. The van der Waals surface area contributed by atoms with E-state index in [4.69, 9.17) is 21.4 Å². The first-order valence-corrected chi connectivity index (χ1v) is 10.1. The molecular formula is C22H20ClFN2O6. The van der Waals surface area contributed by atoms with Gasteiger partial charge in [-0.2, -0.15) is 0 Å². The van der Waals surface area contributed by atoms with Gasteiger partial charge in [0.05, 0.1) is 17.5 Å². The minimum atomic E-state index is -1.57. The number of carboxylic acid groups (broad SMARTS) is 1. The van der Waals surface area contributed by atoms with Gasteiger partial charge in [0.25, 0.3) is 5.91 Å². The van der Waals surface area contributed by atoms with Gasteiger partial charge < -0.3 is 15.2 Å². The number of ketones is 1. The molecule has 0 aliphatic rings. The minimum Gasteiger partial charge on any atom is -0.481 e. The first-order valence-electron chi connectivity index (χ1n) is 9.77. The second-order valence-electron chi connectivity index (χ2n) is 7.05. The molecule has 2 aromatic carbocycles. The van der Waals surface area contributed by atoms with Gasteiger partial charge >= 0.3 is 12.1 Å². The van der Waals surface area contributed by atoms with Crippen molar-refractivity contribution in [3.8, 4) is 0 Å². The normalized spacial score (nSPS) is 13.0. The van der Waals surface area contributed by atoms with Gasteiger partial charge in [0, 0.05) is 15.8 Å². The molecule has 10 heteroatoms. The molecule has 3 aromatic rings. The number of Topliss-reactive ketones (excluding diaryl/α,β-unsaturated/α-hetero) is 1. The van der Waals surface area contributed by atoms with Gasteiger partial charge in [-0.05, 0) is 24.6 Å². The topological polar surface area (TPSA) is 115 Å². The first kappa shape index (κ1) is 23.2. The van der Waals surface area contributed by atoms with Crippen LogP contribution in [0.3, 0.4) is 0 Å². The van der Waals surface area contributed by atoms with E-state index in [-0.39, 0.29) is 6.42 Å². The third-order valence-electron chi connectivity index (χ3n) is 4.94. The van der Waals surface area contributed by atoms with Crippen LogP contribution in [0.2, 0.25) is 5.02 Å². The Morgan fingerprint density at radius 3 is 2.47 bits per heavy atom. The molecule has 0 spiro atoms. The van der Waals surface area contributed by atoms with Crippen LogP contribution >= 0.6 is 11.6 Å². The largest absolute Gasteiger partial charge is 0.481 e. The number of ether oxygens (including phenoxy) is 1. The average molecular weight is 463 g/mol. The minimum absolute atomic E-state index is 0.0407. The molecule has 3 rings (SSSR count). The molecule has 168 valence electrons. The fraction of sp³-hybridized carbons (Fsp3) is 0.273. The number of halogens is 2. The Labute approximate surface area is 186 Å². The van der Waals surface area contributed by atoms with Crippen LogP contribution in [0.25, 0.3) is 21.8 Å². The van der Waals surface area contributed by atoms with E-state index >= 15 is 0 Å². The molecule has 0 saturated heterocycles. The monoisotopic (exact) mass is 462 g/mol. The Morgan fingerprint density at radius 2 is 1.81 bits per heavy atom. The Hall–Kier alpha value is -3.46. The lowest BCUT2D eigenvalue weighted by molar-refractivity contribution is -0.141. The van der Waals surface area contributed by atoms with Gasteiger partial charge in [0.1, 0.15) is 12.7 Å². The fourth-order valence-corrected chi connectivity index (χ4v) is 3.58. The number of carbonyl (C=O) groups is 4. The maximum Gasteiger partial charge on any atom is 0.419 e. The van der Waals surface area contributed by atoms with Crippen molar-refractivity contribution in [3.63, 3.8) is 0 Å². The van der Waals surface area contributed by atoms with Crippen molar-refractivity contribution in [2.45, 2.75) is 31.9 Å². The average Bonchev–Trinajstić information content (AvgIpc) is 3.09. The van der Waals surface area contributed by atoms with Crippen molar-refractivity contribution < 1.29 is 33.4 Å². The number of fused-ring (bicyclic) bond motifs is 3. The van der Waals surface area contributed by atoms with Crippen molar-refractivity contribution in [1.29, 1.82) is 0 Å². The first-order chi connectivity index (χ1) is 15.3. The van der Waals surface area contributed by atoms with Crippen LogP contribution in [0, 0.1) is 0 Å². The van der Waals surface area contributed by atoms with Crippen molar-refractivity contribution in [2.75, 3.05) is 6.67 Å². The number of alkyl halides is 1. The molecule has 1 aromatic heterocycles. The number of nitrogens with zero attached hydrogens (tertiary/aromatic N) is 1. The fourth-order valence-electron chi connectivity index (χ4n) is 3.41. The van der Waals surface area contributed by atoms with Crippen molar-refractivity contribution in [3.05, 3.63) is 47.5 Å². The predicted molar refractivity (Wildman–Crippen MR) is 116 cm³/mol. The maximum absolute atomic E-state index is 13.1. The van der Waals surface area contributed by atoms with E-state index in [2.05, 4.69) is 5.32 Å². The molecule has 32 heavy (non-hydrogen) atoms. The second-order valence-corrected chi connectivity index (χ2v) is 7.49. The highest BCUT2D eigenvalue weighted by Crippen LogP contribution is 2.31. The number of rotatable bonds is 8. The summed E-state index contributed by atoms with van der Waals surface area (Å²) in [7, 11) is 0. The van der Waals surface area contributed by atoms with Gasteiger partial charge in [0.2, 0.25) is 0 Å². The third-order valence-corrected chi connectivity index (χ3v) is 5.18. The van der Waals surface area contributed by atoms with Crippen molar-refractivity contribution in [1.82, 2.24) is 9.88 Å². The van der Waals surface area contributed by atoms with Gasteiger partial charge in [0.15, 0.2) is 11.9 Å². The number of benzene rings is 2. The molecule has 1 amide bonds. The van der Waals surface area contributed by atoms with Crippen LogP contribution in [0.5, 0.6) is 0 Å². The molecular weight excluding hydrogens is 443 g/mol. The summed E-state index contributed by atoms with van der Waals surface area (Å²) in [5.74, 6) is -3.36. The summed E-state index contributed by atoms with van der Waals surface area (Å²) in [5, 5.41) is 13.0. The lowest BCUT2D eigenvalue weighted by Crippen LogP contribution is -2.48. The van der Waals surface area contributed by atoms with Crippen LogP contribution in [-0.4, -0.2) is 52.2 Å². The number of amides is 1. The van der Waals surface area contributed by atoms with E-state index < -0.39 is 49.0 Å². The lowest BCUT2D eigenvalue weighted by Gasteiger charge is -2.20. The van der Waals surface area contributed by atoms with Gasteiger partial charge in [-0.3, -0.25) is 14.4 Å². The molecule has 0 aliphatic heterocycles. The highest BCUT2D eigenvalue weighted by molar-refractivity contribution is 6.31. The molecule has 0 radical (unpaired) electrons. The number of carboxylic acids is 1. The summed E-state index contributed by atoms with van der Waals surface area (Å²) in [6, 6.07) is 10.6. The van der Waals surface area contributed by atoms with Gasteiger partial charge in [-0.25, -0.2) is 13.8 Å². The van der Waals surface area contributed by atoms with Gasteiger partial charge in [-0.1, -0.05) is 42.8 Å². The smallest absolute Gasteiger partial charge is 0.419 e. The Balaban J connectivity index is 1.90. The zero-order chi connectivity index (χ0) is 23.4. The van der Waals surface area contributed by atoms with Crippen LogP contribution < -0.4 is 5.32 Å². The molecule has 0 bridgehead atoms. The molecule has 2 N–H and O–H groups in total. The predicted octanol–water partition coefficient (Wildman–Crippen LogP) is 3.71. The van der Waals surface area contributed by atoms with E-state index in [0.29, 0.717) is 16.1 Å². The molecule has 0 fully saturated rings. The maximum atomic E-state index is 13.1. The summed E-state index contributed by atoms with van der Waals surface area (Å²) >= 11 is 6.11. The zero-order valence-corrected chi connectivity index (χ0v) is 17.8. The number of aromatic nitrogens is 1. The van der Waals surface area contributed by atoms with Crippen LogP contribution in [-0.2, 0) is 19.1 Å². The van der Waals surface area contributed by atoms with E-state index in [0.717, 1.165) is 10.8 Å². The summed E-state index contributed by atoms with van der Waals surface area (Å²) in [6.07, 6.45) is -2.93. The number of hydrogen-bond acceptors (Lipinski definition) is 5. The van der Waals surface area contributed by atoms with E-state index in [1.54, 1.807) is 37.3 Å². The van der Waals surface area contributed by atoms with E-state index in [1.807, 2.05) is 12.1 Å². The molecule has 2 atom stereocenters. The van der Waals surface area contributed by atoms with Crippen LogP contribution in [0.4, 0.5) is 9.18 Å². The Morgan fingerprint density at radius 1 is 1.12 bits per heavy atom. The zero-order valence-electron chi connectivity index (χ0n) is 17.0. The third kappa shape index (κ3) is 4.72. The molecule has 2 unspecified atom stereocenters.